The van der Waals surface area contributed by atoms with E-state index in [4.69, 9.17) is 4.74 Å². The van der Waals surface area contributed by atoms with Gasteiger partial charge in [0.25, 0.3) is 0 Å². The highest BCUT2D eigenvalue weighted by atomic mass is 16.5. The lowest BCUT2D eigenvalue weighted by Gasteiger charge is -2.03. The zero-order chi connectivity index (χ0) is 9.52. The third-order valence-electron chi connectivity index (χ3n) is 2.03. The van der Waals surface area contributed by atoms with Crippen molar-refractivity contribution in [2.24, 2.45) is 0 Å². The van der Waals surface area contributed by atoms with Crippen molar-refractivity contribution in [1.29, 1.82) is 0 Å². The second-order valence-corrected chi connectivity index (χ2v) is 3.39. The van der Waals surface area contributed by atoms with Crippen LogP contribution in [0.15, 0.2) is 24.3 Å². The van der Waals surface area contributed by atoms with Crippen LogP contribution in [-0.2, 0) is 11.3 Å². The molecule has 0 radical (unpaired) electrons. The maximum absolute atomic E-state index is 5.50. The summed E-state index contributed by atoms with van der Waals surface area (Å²) < 4.78 is 5.50. The van der Waals surface area contributed by atoms with E-state index in [1.165, 1.54) is 17.5 Å². The third kappa shape index (κ3) is 4.09. The Labute approximate surface area is 80.7 Å². The van der Waals surface area contributed by atoms with Crippen molar-refractivity contribution in [2.75, 3.05) is 6.61 Å². The topological polar surface area (TPSA) is 9.23 Å². The molecule has 13 heavy (non-hydrogen) atoms. The first-order valence-electron chi connectivity index (χ1n) is 4.96. The van der Waals surface area contributed by atoms with Crippen LogP contribution in [-0.4, -0.2) is 6.61 Å². The van der Waals surface area contributed by atoms with Crippen LogP contribution in [0, 0.1) is 6.92 Å². The van der Waals surface area contributed by atoms with E-state index in [0.29, 0.717) is 0 Å². The summed E-state index contributed by atoms with van der Waals surface area (Å²) in [6, 6.07) is 8.50. The van der Waals surface area contributed by atoms with Crippen LogP contribution in [0.5, 0.6) is 0 Å². The van der Waals surface area contributed by atoms with E-state index in [-0.39, 0.29) is 0 Å². The van der Waals surface area contributed by atoms with Crippen LogP contribution in [0.3, 0.4) is 0 Å². The van der Waals surface area contributed by atoms with E-state index in [0.717, 1.165) is 19.6 Å². The van der Waals surface area contributed by atoms with Gasteiger partial charge < -0.3 is 4.74 Å². The summed E-state index contributed by atoms with van der Waals surface area (Å²) in [6.45, 7) is 5.90. The van der Waals surface area contributed by atoms with E-state index in [1.54, 1.807) is 0 Å². The van der Waals surface area contributed by atoms with Gasteiger partial charge in [-0.1, -0.05) is 43.2 Å². The summed E-state index contributed by atoms with van der Waals surface area (Å²) in [7, 11) is 0. The maximum Gasteiger partial charge on any atom is 0.0716 e. The molecule has 72 valence electrons. The number of aryl methyl sites for hydroxylation is 1. The van der Waals surface area contributed by atoms with Gasteiger partial charge in [-0.3, -0.25) is 0 Å². The smallest absolute Gasteiger partial charge is 0.0716 e. The predicted octanol–water partition coefficient (Wildman–Crippen LogP) is 3.31. The molecule has 0 heterocycles. The van der Waals surface area contributed by atoms with Gasteiger partial charge in [-0.05, 0) is 18.9 Å². The molecule has 0 spiro atoms. The van der Waals surface area contributed by atoms with Gasteiger partial charge in [-0.2, -0.15) is 0 Å². The molecule has 1 rings (SSSR count). The van der Waals surface area contributed by atoms with E-state index in [1.807, 2.05) is 0 Å². The molecule has 0 amide bonds. The minimum atomic E-state index is 0.750. The molecule has 0 aliphatic carbocycles. The fourth-order valence-corrected chi connectivity index (χ4v) is 1.12. The molecule has 0 saturated carbocycles. The average Bonchev–Trinajstić information content (AvgIpc) is 2.15. The van der Waals surface area contributed by atoms with Gasteiger partial charge >= 0.3 is 0 Å². The zero-order valence-corrected chi connectivity index (χ0v) is 8.55. The number of ether oxygens (including phenoxy) is 1. The van der Waals surface area contributed by atoms with Crippen molar-refractivity contribution in [3.8, 4) is 0 Å². The van der Waals surface area contributed by atoms with E-state index >= 15 is 0 Å². The maximum atomic E-state index is 5.50. The van der Waals surface area contributed by atoms with Crippen LogP contribution in [0.25, 0.3) is 0 Å². The van der Waals surface area contributed by atoms with E-state index < -0.39 is 0 Å². The SMILES string of the molecule is CCCCOCc1ccc(C)cc1. The Bertz CT molecular complexity index is 225. The first-order chi connectivity index (χ1) is 6.33. The molecule has 0 unspecified atom stereocenters. The number of hydrogen-bond donors (Lipinski definition) is 0. The Morgan fingerprint density at radius 1 is 1.15 bits per heavy atom. The quantitative estimate of drug-likeness (QED) is 0.628. The van der Waals surface area contributed by atoms with Crippen LogP contribution in [0.2, 0.25) is 0 Å². The molecular weight excluding hydrogens is 160 g/mol. The molecule has 1 heteroatoms. The monoisotopic (exact) mass is 178 g/mol. The Morgan fingerprint density at radius 2 is 1.85 bits per heavy atom. The number of benzene rings is 1. The lowest BCUT2D eigenvalue weighted by atomic mass is 10.2. The summed E-state index contributed by atoms with van der Waals surface area (Å²) in [5.74, 6) is 0. The average molecular weight is 178 g/mol. The summed E-state index contributed by atoms with van der Waals surface area (Å²) in [4.78, 5) is 0. The minimum Gasteiger partial charge on any atom is -0.377 e. The molecule has 0 atom stereocenters. The van der Waals surface area contributed by atoms with Gasteiger partial charge in [0.05, 0.1) is 6.61 Å². The minimum absolute atomic E-state index is 0.750. The Hall–Kier alpha value is -0.820. The fraction of sp³-hybridized carbons (Fsp3) is 0.500. The Kier molecular flexibility index (Phi) is 4.55. The predicted molar refractivity (Wildman–Crippen MR) is 55.7 cm³/mol. The highest BCUT2D eigenvalue weighted by Crippen LogP contribution is 2.04. The van der Waals surface area contributed by atoms with Crippen LogP contribution in [0.1, 0.15) is 30.9 Å². The largest absolute Gasteiger partial charge is 0.377 e. The van der Waals surface area contributed by atoms with E-state index in [2.05, 4.69) is 38.1 Å². The van der Waals surface area contributed by atoms with Crippen LogP contribution in [0.4, 0.5) is 0 Å². The fourth-order valence-electron chi connectivity index (χ4n) is 1.12. The van der Waals surface area contributed by atoms with Gasteiger partial charge in [-0.25, -0.2) is 0 Å². The van der Waals surface area contributed by atoms with Crippen molar-refractivity contribution in [3.05, 3.63) is 35.4 Å². The van der Waals surface area contributed by atoms with Crippen molar-refractivity contribution in [3.63, 3.8) is 0 Å². The number of rotatable bonds is 5. The molecule has 0 saturated heterocycles. The normalized spacial score (nSPS) is 10.3. The molecule has 1 aromatic rings. The van der Waals surface area contributed by atoms with Crippen molar-refractivity contribution >= 4 is 0 Å². The van der Waals surface area contributed by atoms with Crippen molar-refractivity contribution in [2.45, 2.75) is 33.3 Å². The first-order valence-corrected chi connectivity index (χ1v) is 4.96. The van der Waals surface area contributed by atoms with Gasteiger partial charge in [0.2, 0.25) is 0 Å². The summed E-state index contributed by atoms with van der Waals surface area (Å²) >= 11 is 0. The van der Waals surface area contributed by atoms with Crippen LogP contribution < -0.4 is 0 Å². The second-order valence-electron chi connectivity index (χ2n) is 3.39. The first kappa shape index (κ1) is 10.3. The lowest BCUT2D eigenvalue weighted by Crippen LogP contribution is -1.94. The summed E-state index contributed by atoms with van der Waals surface area (Å²) in [5.41, 5.74) is 2.57. The third-order valence-corrected chi connectivity index (χ3v) is 2.03. The molecule has 0 aliphatic heterocycles. The molecule has 0 bridgehead atoms. The molecule has 0 N–H and O–H groups in total. The van der Waals surface area contributed by atoms with E-state index in [9.17, 15) is 0 Å². The summed E-state index contributed by atoms with van der Waals surface area (Å²) in [5, 5.41) is 0. The van der Waals surface area contributed by atoms with Gasteiger partial charge in [0.15, 0.2) is 0 Å². The lowest BCUT2D eigenvalue weighted by molar-refractivity contribution is 0.118. The molecule has 0 aliphatic rings. The van der Waals surface area contributed by atoms with Gasteiger partial charge in [0, 0.05) is 6.61 Å². The molecule has 1 nitrogen and oxygen atoms in total. The molecule has 0 aromatic heterocycles. The second kappa shape index (κ2) is 5.76. The van der Waals surface area contributed by atoms with Crippen LogP contribution >= 0.6 is 0 Å². The standard InChI is InChI=1S/C12H18O/c1-3-4-9-13-10-12-7-5-11(2)6-8-12/h5-8H,3-4,9-10H2,1-2H3. The molecular formula is C12H18O. The van der Waals surface area contributed by atoms with Crippen molar-refractivity contribution in [1.82, 2.24) is 0 Å². The van der Waals surface area contributed by atoms with Gasteiger partial charge in [-0.15, -0.1) is 0 Å². The number of hydrogen-bond acceptors (Lipinski definition) is 1. The Morgan fingerprint density at radius 3 is 2.46 bits per heavy atom. The highest BCUT2D eigenvalue weighted by molar-refractivity contribution is 5.20. The zero-order valence-electron chi connectivity index (χ0n) is 8.55. The van der Waals surface area contributed by atoms with Gasteiger partial charge in [0.1, 0.15) is 0 Å². The number of unbranched alkanes of at least 4 members (excludes halogenated alkanes) is 1. The van der Waals surface area contributed by atoms with Crippen molar-refractivity contribution < 1.29 is 4.74 Å². The summed E-state index contributed by atoms with van der Waals surface area (Å²) in [6.07, 6.45) is 2.36. The molecule has 1 aromatic carbocycles. The highest BCUT2D eigenvalue weighted by Gasteiger charge is 1.91. The Balaban J connectivity index is 2.25. The molecule has 0 fully saturated rings.